The van der Waals surface area contributed by atoms with Crippen LogP contribution >= 0.6 is 0 Å². The van der Waals surface area contributed by atoms with E-state index in [0.717, 1.165) is 19.3 Å². The maximum Gasteiger partial charge on any atom is 0.297 e. The Hall–Kier alpha value is -3.40. The molecule has 1 saturated heterocycles. The molecule has 0 aliphatic carbocycles. The molecule has 0 spiro atoms. The summed E-state index contributed by atoms with van der Waals surface area (Å²) in [6, 6.07) is 15.0. The fourth-order valence-electron chi connectivity index (χ4n) is 3.72. The van der Waals surface area contributed by atoms with Crippen LogP contribution in [0.15, 0.2) is 42.5 Å². The molecular formula is C21H22N4O3. The minimum atomic E-state index is -0.620. The van der Waals surface area contributed by atoms with Crippen LogP contribution in [0, 0.1) is 27.4 Å². The first-order valence-corrected chi connectivity index (χ1v) is 9.27. The lowest BCUT2D eigenvalue weighted by Gasteiger charge is -2.32. The zero-order valence-electron chi connectivity index (χ0n) is 15.5. The fraction of sp³-hybridized carbons (Fsp3) is 0.333. The molecule has 3 rings (SSSR count). The fourth-order valence-corrected chi connectivity index (χ4v) is 3.72. The number of nitro groups is 1. The van der Waals surface area contributed by atoms with Gasteiger partial charge in [-0.05, 0) is 36.8 Å². The number of nitrogen functional groups attached to an aromatic ring is 1. The second-order valence-electron chi connectivity index (χ2n) is 7.09. The maximum atomic E-state index is 12.7. The molecule has 2 aromatic carbocycles. The standard InChI is InChI=1S/C21H22N4O3/c22-14-18-7-6-17(21(20(18)23)25(27)28)13-19(26)24-10-8-16(9-11-24)12-15-4-2-1-3-5-15/h1-7,16H,8-13,23H2. The number of hydrogen-bond acceptors (Lipinski definition) is 5. The molecule has 0 atom stereocenters. The molecule has 2 N–H and O–H groups in total. The van der Waals surface area contributed by atoms with E-state index in [2.05, 4.69) is 12.1 Å². The van der Waals surface area contributed by atoms with E-state index in [9.17, 15) is 14.9 Å². The maximum absolute atomic E-state index is 12.7. The Morgan fingerprint density at radius 1 is 1.21 bits per heavy atom. The molecule has 0 bridgehead atoms. The molecule has 0 radical (unpaired) electrons. The van der Waals surface area contributed by atoms with Gasteiger partial charge in [-0.2, -0.15) is 5.26 Å². The zero-order chi connectivity index (χ0) is 20.1. The van der Waals surface area contributed by atoms with Gasteiger partial charge in [-0.3, -0.25) is 14.9 Å². The van der Waals surface area contributed by atoms with Gasteiger partial charge >= 0.3 is 0 Å². The van der Waals surface area contributed by atoms with Crippen LogP contribution < -0.4 is 5.73 Å². The van der Waals surface area contributed by atoms with Crippen LogP contribution in [0.3, 0.4) is 0 Å². The van der Waals surface area contributed by atoms with Crippen molar-refractivity contribution in [3.05, 3.63) is 69.3 Å². The lowest BCUT2D eigenvalue weighted by Crippen LogP contribution is -2.39. The molecule has 1 aliphatic rings. The third-order valence-electron chi connectivity index (χ3n) is 5.28. The Labute approximate surface area is 163 Å². The molecule has 0 aromatic heterocycles. The lowest BCUT2D eigenvalue weighted by molar-refractivity contribution is -0.384. The number of likely N-dealkylation sites (tertiary alicyclic amines) is 1. The summed E-state index contributed by atoms with van der Waals surface area (Å²) in [6.45, 7) is 1.30. The van der Waals surface area contributed by atoms with Gasteiger partial charge < -0.3 is 10.6 Å². The highest BCUT2D eigenvalue weighted by atomic mass is 16.6. The molecule has 7 nitrogen and oxygen atoms in total. The topological polar surface area (TPSA) is 113 Å². The monoisotopic (exact) mass is 378 g/mol. The highest BCUT2D eigenvalue weighted by Gasteiger charge is 2.27. The van der Waals surface area contributed by atoms with E-state index in [1.54, 1.807) is 4.90 Å². The number of nitrogens with zero attached hydrogens (tertiary/aromatic N) is 3. The van der Waals surface area contributed by atoms with E-state index in [4.69, 9.17) is 11.0 Å². The van der Waals surface area contributed by atoms with E-state index in [-0.39, 0.29) is 34.8 Å². The first-order chi connectivity index (χ1) is 13.5. The number of hydrogen-bond donors (Lipinski definition) is 1. The van der Waals surface area contributed by atoms with E-state index in [1.807, 2.05) is 24.3 Å². The number of benzene rings is 2. The van der Waals surface area contributed by atoms with Crippen molar-refractivity contribution >= 4 is 17.3 Å². The van der Waals surface area contributed by atoms with E-state index >= 15 is 0 Å². The first kappa shape index (κ1) is 19.4. The van der Waals surface area contributed by atoms with E-state index in [1.165, 1.54) is 17.7 Å². The molecule has 144 valence electrons. The Kier molecular flexibility index (Phi) is 5.90. The van der Waals surface area contributed by atoms with Gasteiger partial charge in [0.05, 0.1) is 16.9 Å². The second-order valence-corrected chi connectivity index (χ2v) is 7.09. The summed E-state index contributed by atoms with van der Waals surface area (Å²) in [5.41, 5.74) is 6.83. The van der Waals surface area contributed by atoms with Crippen LogP contribution in [0.5, 0.6) is 0 Å². The van der Waals surface area contributed by atoms with Crippen LogP contribution in [0.25, 0.3) is 0 Å². The van der Waals surface area contributed by atoms with Gasteiger partial charge in [0, 0.05) is 18.7 Å². The SMILES string of the molecule is N#Cc1ccc(CC(=O)N2CCC(Cc3ccccc3)CC2)c([N+](=O)[O-])c1N. The first-order valence-electron chi connectivity index (χ1n) is 9.27. The van der Waals surface area contributed by atoms with Gasteiger partial charge in [-0.15, -0.1) is 0 Å². The Morgan fingerprint density at radius 2 is 1.89 bits per heavy atom. The average molecular weight is 378 g/mol. The summed E-state index contributed by atoms with van der Waals surface area (Å²) in [4.78, 5) is 25.2. The van der Waals surface area contributed by atoms with Crippen molar-refractivity contribution in [2.24, 2.45) is 5.92 Å². The van der Waals surface area contributed by atoms with Crippen LogP contribution in [0.4, 0.5) is 11.4 Å². The number of carbonyl (C=O) groups is 1. The number of piperidine rings is 1. The zero-order valence-corrected chi connectivity index (χ0v) is 15.5. The van der Waals surface area contributed by atoms with Gasteiger partial charge in [0.1, 0.15) is 11.8 Å². The molecule has 1 amide bonds. The van der Waals surface area contributed by atoms with Crippen LogP contribution in [-0.4, -0.2) is 28.8 Å². The molecule has 1 aliphatic heterocycles. The average Bonchev–Trinajstić information content (AvgIpc) is 2.69. The number of nitro benzene ring substituents is 1. The second kappa shape index (κ2) is 8.53. The number of amides is 1. The Balaban J connectivity index is 1.63. The molecule has 1 heterocycles. The minimum absolute atomic E-state index is 0.0459. The number of carbonyl (C=O) groups excluding carboxylic acids is 1. The van der Waals surface area contributed by atoms with Crippen molar-refractivity contribution in [1.29, 1.82) is 5.26 Å². The van der Waals surface area contributed by atoms with E-state index in [0.29, 0.717) is 19.0 Å². The van der Waals surface area contributed by atoms with Crippen molar-refractivity contribution in [2.45, 2.75) is 25.7 Å². The summed E-state index contributed by atoms with van der Waals surface area (Å²) in [5, 5.41) is 20.4. The predicted octanol–water partition coefficient (Wildman–Crippen LogP) is 3.07. The quantitative estimate of drug-likeness (QED) is 0.488. The number of nitriles is 1. The molecule has 7 heteroatoms. The van der Waals surface area contributed by atoms with Gasteiger partial charge in [-0.1, -0.05) is 36.4 Å². The molecule has 1 fully saturated rings. The van der Waals surface area contributed by atoms with Gasteiger partial charge in [0.2, 0.25) is 5.91 Å². The highest BCUT2D eigenvalue weighted by Crippen LogP contribution is 2.30. The normalized spacial score (nSPS) is 14.5. The van der Waals surface area contributed by atoms with Crippen molar-refractivity contribution < 1.29 is 9.72 Å². The van der Waals surface area contributed by atoms with Crippen LogP contribution in [-0.2, 0) is 17.6 Å². The predicted molar refractivity (Wildman–Crippen MR) is 105 cm³/mol. The number of nitrogens with two attached hydrogens (primary N) is 1. The molecule has 2 aromatic rings. The van der Waals surface area contributed by atoms with Gasteiger partial charge in [0.25, 0.3) is 5.69 Å². The summed E-state index contributed by atoms with van der Waals surface area (Å²) in [5.74, 6) is 0.386. The Morgan fingerprint density at radius 3 is 2.50 bits per heavy atom. The van der Waals surface area contributed by atoms with Crippen molar-refractivity contribution in [1.82, 2.24) is 4.90 Å². The van der Waals surface area contributed by atoms with E-state index < -0.39 is 4.92 Å². The molecule has 0 saturated carbocycles. The van der Waals surface area contributed by atoms with Crippen LogP contribution in [0.1, 0.15) is 29.5 Å². The summed E-state index contributed by atoms with van der Waals surface area (Å²) in [6.07, 6.45) is 2.74. The van der Waals surface area contributed by atoms with Crippen molar-refractivity contribution in [3.8, 4) is 6.07 Å². The van der Waals surface area contributed by atoms with Gasteiger partial charge in [0.15, 0.2) is 0 Å². The van der Waals surface area contributed by atoms with Crippen LogP contribution in [0.2, 0.25) is 0 Å². The molecule has 0 unspecified atom stereocenters. The smallest absolute Gasteiger partial charge is 0.297 e. The minimum Gasteiger partial charge on any atom is -0.392 e. The number of rotatable bonds is 5. The third kappa shape index (κ3) is 4.29. The Bertz CT molecular complexity index is 913. The summed E-state index contributed by atoms with van der Waals surface area (Å²) in [7, 11) is 0. The van der Waals surface area contributed by atoms with Crippen molar-refractivity contribution in [2.75, 3.05) is 18.8 Å². The van der Waals surface area contributed by atoms with Gasteiger partial charge in [-0.25, -0.2) is 0 Å². The highest BCUT2D eigenvalue weighted by molar-refractivity contribution is 5.82. The molecule has 28 heavy (non-hydrogen) atoms. The lowest BCUT2D eigenvalue weighted by atomic mass is 9.90. The third-order valence-corrected chi connectivity index (χ3v) is 5.28. The summed E-state index contributed by atoms with van der Waals surface area (Å²) >= 11 is 0. The van der Waals surface area contributed by atoms with Crippen molar-refractivity contribution in [3.63, 3.8) is 0 Å². The summed E-state index contributed by atoms with van der Waals surface area (Å²) < 4.78 is 0. The molecular weight excluding hydrogens is 356 g/mol. The largest absolute Gasteiger partial charge is 0.392 e. The number of anilines is 1.